The van der Waals surface area contributed by atoms with Gasteiger partial charge in [0, 0.05) is 7.26 Å². The van der Waals surface area contributed by atoms with Crippen LogP contribution in [0.2, 0.25) is 0 Å². The Labute approximate surface area is 126 Å². The van der Waals surface area contributed by atoms with Gasteiger partial charge in [-0.2, -0.15) is 0 Å². The first-order valence-corrected chi connectivity index (χ1v) is 10.9. The highest BCUT2D eigenvalue weighted by molar-refractivity contribution is 7.81. The molecule has 1 N–H and O–H groups in total. The SMILES string of the molecule is CCCCCCCCCC[P+](C)(C)c1ccccc1.[OH-]. The van der Waals surface area contributed by atoms with Gasteiger partial charge in [0.05, 0.1) is 24.8 Å². The minimum absolute atomic E-state index is 0. The van der Waals surface area contributed by atoms with Crippen molar-refractivity contribution in [1.82, 2.24) is 0 Å². The van der Waals surface area contributed by atoms with Crippen LogP contribution in [0.25, 0.3) is 0 Å². The van der Waals surface area contributed by atoms with Crippen LogP contribution in [-0.4, -0.2) is 25.0 Å². The topological polar surface area (TPSA) is 30.0 Å². The molecule has 0 spiro atoms. The summed E-state index contributed by atoms with van der Waals surface area (Å²) in [6, 6.07) is 11.1. The zero-order valence-electron chi connectivity index (χ0n) is 13.6. The second-order valence-electron chi connectivity index (χ2n) is 6.22. The van der Waals surface area contributed by atoms with Crippen LogP contribution >= 0.6 is 7.26 Å². The van der Waals surface area contributed by atoms with Gasteiger partial charge in [-0.1, -0.05) is 63.6 Å². The number of benzene rings is 1. The fourth-order valence-corrected chi connectivity index (χ4v) is 4.85. The van der Waals surface area contributed by atoms with Crippen molar-refractivity contribution in [3.8, 4) is 0 Å². The van der Waals surface area contributed by atoms with Crippen LogP contribution in [0, 0.1) is 0 Å². The lowest BCUT2D eigenvalue weighted by atomic mass is 10.1. The van der Waals surface area contributed by atoms with Crippen molar-refractivity contribution in [2.45, 2.75) is 58.3 Å². The van der Waals surface area contributed by atoms with E-state index >= 15 is 0 Å². The van der Waals surface area contributed by atoms with Gasteiger partial charge < -0.3 is 5.48 Å². The second-order valence-corrected chi connectivity index (χ2v) is 10.6. The maximum absolute atomic E-state index is 2.49. The van der Waals surface area contributed by atoms with Crippen molar-refractivity contribution in [3.63, 3.8) is 0 Å². The summed E-state index contributed by atoms with van der Waals surface area (Å²) < 4.78 is 0. The van der Waals surface area contributed by atoms with Crippen LogP contribution < -0.4 is 5.30 Å². The van der Waals surface area contributed by atoms with Crippen LogP contribution in [0.5, 0.6) is 0 Å². The van der Waals surface area contributed by atoms with E-state index in [9.17, 15) is 0 Å². The van der Waals surface area contributed by atoms with Gasteiger partial charge in [0.15, 0.2) is 0 Å². The summed E-state index contributed by atoms with van der Waals surface area (Å²) in [6.45, 7) is 7.27. The molecule has 0 radical (unpaired) electrons. The van der Waals surface area contributed by atoms with E-state index in [0.717, 1.165) is 0 Å². The summed E-state index contributed by atoms with van der Waals surface area (Å²) in [5.41, 5.74) is 0. The molecule has 0 amide bonds. The summed E-state index contributed by atoms with van der Waals surface area (Å²) in [7, 11) is -0.861. The molecule has 0 bridgehead atoms. The molecule has 0 aromatic heterocycles. The Morgan fingerprint density at radius 3 is 1.80 bits per heavy atom. The second kappa shape index (κ2) is 11.3. The summed E-state index contributed by atoms with van der Waals surface area (Å²) in [6.07, 6.45) is 12.8. The molecule has 2 heteroatoms. The van der Waals surface area contributed by atoms with Crippen LogP contribution in [0.15, 0.2) is 30.3 Å². The third-order valence-corrected chi connectivity index (χ3v) is 7.16. The van der Waals surface area contributed by atoms with E-state index in [4.69, 9.17) is 0 Å². The van der Waals surface area contributed by atoms with Gasteiger partial charge in [0.25, 0.3) is 0 Å². The van der Waals surface area contributed by atoms with E-state index in [2.05, 4.69) is 50.6 Å². The Kier molecular flexibility index (Phi) is 11.1. The van der Waals surface area contributed by atoms with Crippen molar-refractivity contribution < 1.29 is 5.48 Å². The molecule has 1 rings (SSSR count). The maximum Gasteiger partial charge on any atom is 0.0933 e. The highest BCUT2D eigenvalue weighted by atomic mass is 31.2. The van der Waals surface area contributed by atoms with Crippen molar-refractivity contribution in [1.29, 1.82) is 0 Å². The number of rotatable bonds is 10. The van der Waals surface area contributed by atoms with Crippen LogP contribution in [-0.2, 0) is 0 Å². The predicted molar refractivity (Wildman–Crippen MR) is 94.3 cm³/mol. The molecule has 0 atom stereocenters. The fraction of sp³-hybridized carbons (Fsp3) is 0.667. The van der Waals surface area contributed by atoms with Crippen LogP contribution in [0.3, 0.4) is 0 Å². The lowest BCUT2D eigenvalue weighted by Crippen LogP contribution is -2.11. The molecule has 20 heavy (non-hydrogen) atoms. The smallest absolute Gasteiger partial charge is 0.0933 e. The number of unbranched alkanes of at least 4 members (excludes halogenated alkanes) is 7. The highest BCUT2D eigenvalue weighted by Crippen LogP contribution is 2.50. The Morgan fingerprint density at radius 2 is 1.25 bits per heavy atom. The van der Waals surface area contributed by atoms with Crippen molar-refractivity contribution in [3.05, 3.63) is 30.3 Å². The quantitative estimate of drug-likeness (QED) is 0.411. The fourth-order valence-electron chi connectivity index (χ4n) is 2.60. The normalized spacial score (nSPS) is 11.2. The minimum atomic E-state index is -0.861. The molecule has 0 saturated heterocycles. The van der Waals surface area contributed by atoms with Crippen LogP contribution in [0.4, 0.5) is 0 Å². The zero-order valence-corrected chi connectivity index (χ0v) is 14.5. The molecule has 0 unspecified atom stereocenters. The van der Waals surface area contributed by atoms with Crippen LogP contribution in [0.1, 0.15) is 58.3 Å². The number of hydrogen-bond acceptors (Lipinski definition) is 1. The van der Waals surface area contributed by atoms with Crippen molar-refractivity contribution in [2.75, 3.05) is 19.5 Å². The molecule has 0 fully saturated rings. The molecule has 0 aliphatic carbocycles. The third kappa shape index (κ3) is 8.02. The molecule has 0 heterocycles. The van der Waals surface area contributed by atoms with Gasteiger partial charge in [-0.3, -0.25) is 0 Å². The van der Waals surface area contributed by atoms with E-state index < -0.39 is 7.26 Å². The van der Waals surface area contributed by atoms with E-state index in [0.29, 0.717) is 0 Å². The molecule has 0 saturated carbocycles. The van der Waals surface area contributed by atoms with Gasteiger partial charge in [-0.05, 0) is 25.0 Å². The predicted octanol–water partition coefficient (Wildman–Crippen LogP) is 5.55. The molecule has 1 aromatic carbocycles. The van der Waals surface area contributed by atoms with E-state index in [1.807, 2.05) is 0 Å². The molecule has 0 aliphatic rings. The summed E-state index contributed by atoms with van der Waals surface area (Å²) in [5.74, 6) is 0. The summed E-state index contributed by atoms with van der Waals surface area (Å²) in [5, 5.41) is 1.60. The number of hydrogen-bond donors (Lipinski definition) is 0. The first-order chi connectivity index (χ1) is 9.17. The van der Waals surface area contributed by atoms with E-state index in [1.165, 1.54) is 57.5 Å². The Balaban J connectivity index is 0.00000361. The maximum atomic E-state index is 2.49. The van der Waals surface area contributed by atoms with Gasteiger partial charge in [-0.15, -0.1) is 0 Å². The monoisotopic (exact) mass is 296 g/mol. The third-order valence-electron chi connectivity index (χ3n) is 4.03. The average molecular weight is 296 g/mol. The molecular formula is C18H33OP. The first kappa shape index (κ1) is 19.6. The van der Waals surface area contributed by atoms with Gasteiger partial charge in [-0.25, -0.2) is 0 Å². The minimum Gasteiger partial charge on any atom is -0.870 e. The highest BCUT2D eigenvalue weighted by Gasteiger charge is 2.26. The molecule has 116 valence electrons. The van der Waals surface area contributed by atoms with Crippen molar-refractivity contribution >= 4 is 12.6 Å². The standard InChI is InChI=1S/C18H32P.H2O/c1-4-5-6-7-8-9-10-14-17-19(2,3)18-15-12-11-13-16-18;/h11-13,15-16H,4-10,14,17H2,1-3H3;1H2/q+1;/p-1. The Hall–Kier alpha value is -0.390. The lowest BCUT2D eigenvalue weighted by Gasteiger charge is -2.17. The van der Waals surface area contributed by atoms with Gasteiger partial charge >= 0.3 is 0 Å². The largest absolute Gasteiger partial charge is 0.870 e. The van der Waals surface area contributed by atoms with E-state index in [-0.39, 0.29) is 5.48 Å². The van der Waals surface area contributed by atoms with Crippen molar-refractivity contribution in [2.24, 2.45) is 0 Å². The molecule has 1 nitrogen and oxygen atoms in total. The van der Waals surface area contributed by atoms with E-state index in [1.54, 1.807) is 5.30 Å². The lowest BCUT2D eigenvalue weighted by molar-refractivity contribution is 0.586. The Bertz CT molecular complexity index is 321. The summed E-state index contributed by atoms with van der Waals surface area (Å²) in [4.78, 5) is 0. The molecule has 0 aliphatic heterocycles. The summed E-state index contributed by atoms with van der Waals surface area (Å²) >= 11 is 0. The molecule has 1 aromatic rings. The zero-order chi connectivity index (χ0) is 14.0. The van der Waals surface area contributed by atoms with Gasteiger partial charge in [0.1, 0.15) is 0 Å². The van der Waals surface area contributed by atoms with Gasteiger partial charge in [0.2, 0.25) is 0 Å². The molecular weight excluding hydrogens is 263 g/mol. The first-order valence-electron chi connectivity index (χ1n) is 8.05. The average Bonchev–Trinajstić information content (AvgIpc) is 2.43. The Morgan fingerprint density at radius 1 is 0.750 bits per heavy atom.